The Balaban J connectivity index is 2.55. The van der Waals surface area contributed by atoms with Crippen LogP contribution in [0.2, 0.25) is 0 Å². The second-order valence-corrected chi connectivity index (χ2v) is 4.41. The molecule has 0 bridgehead atoms. The molecule has 0 saturated carbocycles. The number of ether oxygens (including phenoxy) is 1. The highest BCUT2D eigenvalue weighted by Gasteiger charge is 2.14. The number of likely N-dealkylation sites (N-methyl/N-ethyl adjacent to an activating group) is 1. The minimum Gasteiger partial charge on any atom is -0.383 e. The molecule has 0 saturated heterocycles. The van der Waals surface area contributed by atoms with E-state index in [4.69, 9.17) is 10.5 Å². The Kier molecular flexibility index (Phi) is 6.69. The summed E-state index contributed by atoms with van der Waals surface area (Å²) in [5.74, 6) is -0.421. The van der Waals surface area contributed by atoms with Crippen molar-refractivity contribution in [2.24, 2.45) is 5.73 Å². The second kappa shape index (κ2) is 8.29. The Morgan fingerprint density at radius 3 is 2.80 bits per heavy atom. The van der Waals surface area contributed by atoms with Gasteiger partial charge in [0.2, 0.25) is 5.91 Å². The smallest absolute Gasteiger partial charge is 0.254 e. The van der Waals surface area contributed by atoms with Gasteiger partial charge in [-0.05, 0) is 17.7 Å². The number of methoxy groups -OCH3 is 1. The normalized spacial score (nSPS) is 10.2. The van der Waals surface area contributed by atoms with Crippen LogP contribution in [-0.4, -0.2) is 50.6 Å². The van der Waals surface area contributed by atoms with Crippen LogP contribution in [0.1, 0.15) is 15.9 Å². The van der Waals surface area contributed by atoms with Crippen molar-refractivity contribution in [1.82, 2.24) is 10.2 Å². The fourth-order valence-corrected chi connectivity index (χ4v) is 1.69. The van der Waals surface area contributed by atoms with Gasteiger partial charge < -0.3 is 20.7 Å². The SMILES string of the molecule is COCCNC(=O)CN(C)C(=O)c1cccc(CN)c1. The molecule has 1 rings (SSSR count). The summed E-state index contributed by atoms with van der Waals surface area (Å²) in [6, 6.07) is 7.08. The lowest BCUT2D eigenvalue weighted by Crippen LogP contribution is -2.39. The molecular weight excluding hydrogens is 258 g/mol. The highest BCUT2D eigenvalue weighted by atomic mass is 16.5. The number of rotatable bonds is 7. The molecule has 1 aromatic rings. The van der Waals surface area contributed by atoms with Crippen molar-refractivity contribution >= 4 is 11.8 Å². The van der Waals surface area contributed by atoms with Crippen molar-refractivity contribution in [2.45, 2.75) is 6.54 Å². The third-order valence-electron chi connectivity index (χ3n) is 2.77. The summed E-state index contributed by atoms with van der Waals surface area (Å²) in [7, 11) is 3.15. The summed E-state index contributed by atoms with van der Waals surface area (Å²) in [4.78, 5) is 25.1. The lowest BCUT2D eigenvalue weighted by molar-refractivity contribution is -0.121. The quantitative estimate of drug-likeness (QED) is 0.687. The molecule has 0 unspecified atom stereocenters. The number of hydrogen-bond donors (Lipinski definition) is 2. The van der Waals surface area contributed by atoms with Crippen LogP contribution in [0.25, 0.3) is 0 Å². The molecule has 0 atom stereocenters. The first-order valence-electron chi connectivity index (χ1n) is 6.38. The van der Waals surface area contributed by atoms with Crippen molar-refractivity contribution in [3.63, 3.8) is 0 Å². The maximum absolute atomic E-state index is 12.2. The average molecular weight is 279 g/mol. The van der Waals surface area contributed by atoms with Gasteiger partial charge in [0.05, 0.1) is 13.2 Å². The predicted molar refractivity (Wildman–Crippen MR) is 76.2 cm³/mol. The summed E-state index contributed by atoms with van der Waals surface area (Å²) in [5.41, 5.74) is 6.95. The second-order valence-electron chi connectivity index (χ2n) is 4.41. The van der Waals surface area contributed by atoms with Gasteiger partial charge in [-0.1, -0.05) is 12.1 Å². The van der Waals surface area contributed by atoms with Crippen LogP contribution in [0.3, 0.4) is 0 Å². The summed E-state index contributed by atoms with van der Waals surface area (Å²) >= 11 is 0. The fourth-order valence-electron chi connectivity index (χ4n) is 1.69. The minimum atomic E-state index is -0.215. The third kappa shape index (κ3) is 4.99. The van der Waals surface area contributed by atoms with Gasteiger partial charge in [-0.25, -0.2) is 0 Å². The van der Waals surface area contributed by atoms with E-state index in [-0.39, 0.29) is 18.4 Å². The van der Waals surface area contributed by atoms with E-state index in [1.165, 1.54) is 4.90 Å². The van der Waals surface area contributed by atoms with Gasteiger partial charge in [0, 0.05) is 32.8 Å². The number of nitrogens with two attached hydrogens (primary N) is 1. The number of hydrogen-bond acceptors (Lipinski definition) is 4. The third-order valence-corrected chi connectivity index (χ3v) is 2.77. The summed E-state index contributed by atoms with van der Waals surface area (Å²) < 4.78 is 4.83. The monoisotopic (exact) mass is 279 g/mol. The first-order chi connectivity index (χ1) is 9.58. The van der Waals surface area contributed by atoms with E-state index in [1.807, 2.05) is 6.07 Å². The predicted octanol–water partition coefficient (Wildman–Crippen LogP) is -0.0201. The highest BCUT2D eigenvalue weighted by Crippen LogP contribution is 2.07. The number of nitrogens with one attached hydrogen (secondary N) is 1. The lowest BCUT2D eigenvalue weighted by Gasteiger charge is -2.17. The molecule has 0 aliphatic heterocycles. The zero-order valence-corrected chi connectivity index (χ0v) is 11.9. The highest BCUT2D eigenvalue weighted by molar-refractivity contribution is 5.96. The van der Waals surface area contributed by atoms with Crippen molar-refractivity contribution < 1.29 is 14.3 Å². The maximum atomic E-state index is 12.2. The number of nitrogens with zero attached hydrogens (tertiary/aromatic N) is 1. The molecule has 0 aliphatic carbocycles. The van der Waals surface area contributed by atoms with E-state index in [2.05, 4.69) is 5.32 Å². The van der Waals surface area contributed by atoms with Crippen molar-refractivity contribution in [2.75, 3.05) is 33.9 Å². The molecule has 0 radical (unpaired) electrons. The van der Waals surface area contributed by atoms with Crippen LogP contribution in [0, 0.1) is 0 Å². The van der Waals surface area contributed by atoms with Gasteiger partial charge in [0.25, 0.3) is 5.91 Å². The zero-order valence-electron chi connectivity index (χ0n) is 11.9. The van der Waals surface area contributed by atoms with Crippen LogP contribution >= 0.6 is 0 Å². The number of benzene rings is 1. The fraction of sp³-hybridized carbons (Fsp3) is 0.429. The Hall–Kier alpha value is -1.92. The largest absolute Gasteiger partial charge is 0.383 e. The molecule has 3 N–H and O–H groups in total. The molecule has 0 fully saturated rings. The Bertz CT molecular complexity index is 463. The molecule has 20 heavy (non-hydrogen) atoms. The van der Waals surface area contributed by atoms with E-state index in [9.17, 15) is 9.59 Å². The summed E-state index contributed by atoms with van der Waals surface area (Å²) in [5, 5.41) is 2.67. The zero-order chi connectivity index (χ0) is 15.0. The molecule has 6 nitrogen and oxygen atoms in total. The van der Waals surface area contributed by atoms with Gasteiger partial charge >= 0.3 is 0 Å². The van der Waals surface area contributed by atoms with E-state index < -0.39 is 0 Å². The Morgan fingerprint density at radius 2 is 2.15 bits per heavy atom. The molecule has 6 heteroatoms. The number of carbonyl (C=O) groups excluding carboxylic acids is 2. The van der Waals surface area contributed by atoms with E-state index in [0.29, 0.717) is 25.3 Å². The van der Waals surface area contributed by atoms with Gasteiger partial charge in [0.1, 0.15) is 0 Å². The van der Waals surface area contributed by atoms with Gasteiger partial charge in [-0.15, -0.1) is 0 Å². The number of amides is 2. The van der Waals surface area contributed by atoms with E-state index >= 15 is 0 Å². The van der Waals surface area contributed by atoms with Crippen LogP contribution in [0.4, 0.5) is 0 Å². The average Bonchev–Trinajstić information content (AvgIpc) is 2.46. The topological polar surface area (TPSA) is 84.7 Å². The standard InChI is InChI=1S/C14H21N3O3/c1-17(10-13(18)16-6-7-20-2)14(19)12-5-3-4-11(8-12)9-15/h3-5,8H,6-7,9-10,15H2,1-2H3,(H,16,18). The summed E-state index contributed by atoms with van der Waals surface area (Å²) in [6.45, 7) is 1.26. The summed E-state index contributed by atoms with van der Waals surface area (Å²) in [6.07, 6.45) is 0. The van der Waals surface area contributed by atoms with Gasteiger partial charge in [0.15, 0.2) is 0 Å². The lowest BCUT2D eigenvalue weighted by atomic mass is 10.1. The molecule has 0 aromatic heterocycles. The molecule has 2 amide bonds. The Labute approximate surface area is 118 Å². The van der Waals surface area contributed by atoms with E-state index in [0.717, 1.165) is 5.56 Å². The van der Waals surface area contributed by atoms with Crippen molar-refractivity contribution in [1.29, 1.82) is 0 Å². The first-order valence-corrected chi connectivity index (χ1v) is 6.38. The van der Waals surface area contributed by atoms with E-state index in [1.54, 1.807) is 32.4 Å². The Morgan fingerprint density at radius 1 is 1.40 bits per heavy atom. The molecule has 0 spiro atoms. The van der Waals surface area contributed by atoms with Crippen molar-refractivity contribution in [3.8, 4) is 0 Å². The van der Waals surface area contributed by atoms with Crippen molar-refractivity contribution in [3.05, 3.63) is 35.4 Å². The maximum Gasteiger partial charge on any atom is 0.254 e. The minimum absolute atomic E-state index is 0.00933. The van der Waals surface area contributed by atoms with Gasteiger partial charge in [-0.2, -0.15) is 0 Å². The molecule has 1 aromatic carbocycles. The molecule has 0 heterocycles. The van der Waals surface area contributed by atoms with Crippen LogP contribution < -0.4 is 11.1 Å². The van der Waals surface area contributed by atoms with Crippen LogP contribution in [0.5, 0.6) is 0 Å². The van der Waals surface area contributed by atoms with Crippen LogP contribution in [0.15, 0.2) is 24.3 Å². The molecule has 110 valence electrons. The number of carbonyl (C=O) groups is 2. The first kappa shape index (κ1) is 16.1. The van der Waals surface area contributed by atoms with Gasteiger partial charge in [-0.3, -0.25) is 9.59 Å². The molecular formula is C14H21N3O3. The van der Waals surface area contributed by atoms with Crippen LogP contribution in [-0.2, 0) is 16.1 Å². The molecule has 0 aliphatic rings.